The number of hydrogen-bond donors (Lipinski definition) is 1. The molecule has 0 aromatic heterocycles. The van der Waals surface area contributed by atoms with E-state index in [1.54, 1.807) is 6.07 Å². The summed E-state index contributed by atoms with van der Waals surface area (Å²) in [5.41, 5.74) is 3.08. The summed E-state index contributed by atoms with van der Waals surface area (Å²) in [7, 11) is -3.75. The maximum Gasteiger partial charge on any atom is 0.244 e. The molecule has 0 saturated heterocycles. The molecule has 2 amide bonds. The van der Waals surface area contributed by atoms with Gasteiger partial charge in [-0.05, 0) is 50.8 Å². The lowest BCUT2D eigenvalue weighted by molar-refractivity contribution is -0.140. The average molecular weight is 488 g/mol. The lowest BCUT2D eigenvalue weighted by Gasteiger charge is -2.33. The van der Waals surface area contributed by atoms with Gasteiger partial charge in [0, 0.05) is 12.6 Å². The van der Waals surface area contributed by atoms with Crippen LogP contribution in [0.5, 0.6) is 0 Å². The number of anilines is 1. The van der Waals surface area contributed by atoms with Crippen molar-refractivity contribution in [2.75, 3.05) is 17.1 Å². The van der Waals surface area contributed by atoms with E-state index in [-0.39, 0.29) is 25.0 Å². The highest BCUT2D eigenvalue weighted by atomic mass is 32.2. The second-order valence-corrected chi connectivity index (χ2v) is 10.7. The Morgan fingerprint density at radius 1 is 1.00 bits per heavy atom. The zero-order chi connectivity index (χ0) is 25.5. The third-order valence-electron chi connectivity index (χ3n) is 5.88. The van der Waals surface area contributed by atoms with E-state index in [2.05, 4.69) is 5.32 Å². The van der Waals surface area contributed by atoms with Crippen molar-refractivity contribution in [3.63, 3.8) is 0 Å². The Kier molecular flexibility index (Phi) is 9.67. The van der Waals surface area contributed by atoms with Crippen molar-refractivity contribution in [2.45, 2.75) is 66.1 Å². The standard InChI is InChI=1S/C26H37N3O4S/c1-7-21(5)27-26(31)23(8-2)28(17-22-12-10-9-11-13-22)25(30)18-29(34(6,32)33)24-15-14-19(3)16-20(24)4/h9-16,21,23H,7-8,17-18H2,1-6H3,(H,27,31)/t21-,23+/m1/s1. The summed E-state index contributed by atoms with van der Waals surface area (Å²) < 4.78 is 26.6. The number of carbonyl (C=O) groups excluding carboxylic acids is 2. The van der Waals surface area contributed by atoms with E-state index >= 15 is 0 Å². The minimum Gasteiger partial charge on any atom is -0.352 e. The van der Waals surface area contributed by atoms with Gasteiger partial charge in [0.25, 0.3) is 0 Å². The minimum atomic E-state index is -3.75. The topological polar surface area (TPSA) is 86.8 Å². The molecule has 0 radical (unpaired) electrons. The molecule has 0 saturated carbocycles. The molecule has 34 heavy (non-hydrogen) atoms. The van der Waals surface area contributed by atoms with Gasteiger partial charge in [-0.25, -0.2) is 8.42 Å². The first kappa shape index (κ1) is 27.4. The SMILES string of the molecule is CC[C@@H](C)NC(=O)[C@H](CC)N(Cc1ccccc1)C(=O)CN(c1ccc(C)cc1C)S(C)(=O)=O. The van der Waals surface area contributed by atoms with Gasteiger partial charge in [0.2, 0.25) is 21.8 Å². The highest BCUT2D eigenvalue weighted by Crippen LogP contribution is 2.24. The zero-order valence-electron chi connectivity index (χ0n) is 21.0. The van der Waals surface area contributed by atoms with Crippen LogP contribution in [0.2, 0.25) is 0 Å². The van der Waals surface area contributed by atoms with Gasteiger partial charge in [-0.3, -0.25) is 13.9 Å². The number of nitrogens with one attached hydrogen (secondary N) is 1. The number of aryl methyl sites for hydroxylation is 2. The molecule has 0 spiro atoms. The van der Waals surface area contributed by atoms with Crippen LogP contribution in [-0.4, -0.2) is 50.0 Å². The quantitative estimate of drug-likeness (QED) is 0.522. The van der Waals surface area contributed by atoms with Crippen molar-refractivity contribution in [2.24, 2.45) is 0 Å². The van der Waals surface area contributed by atoms with Crippen molar-refractivity contribution >= 4 is 27.5 Å². The molecule has 0 aliphatic rings. The molecule has 0 fully saturated rings. The van der Waals surface area contributed by atoms with Gasteiger partial charge >= 0.3 is 0 Å². The van der Waals surface area contributed by atoms with Crippen LogP contribution in [0.15, 0.2) is 48.5 Å². The molecule has 0 unspecified atom stereocenters. The van der Waals surface area contributed by atoms with E-state index < -0.39 is 22.0 Å². The molecule has 2 aromatic carbocycles. The first-order valence-corrected chi connectivity index (χ1v) is 13.5. The molecule has 1 N–H and O–H groups in total. The Hall–Kier alpha value is -2.87. The summed E-state index contributed by atoms with van der Waals surface area (Å²) >= 11 is 0. The number of sulfonamides is 1. The molecule has 2 atom stereocenters. The monoisotopic (exact) mass is 487 g/mol. The van der Waals surface area contributed by atoms with E-state index in [1.807, 2.05) is 77.1 Å². The Bertz CT molecular complexity index is 1090. The number of rotatable bonds is 11. The maximum atomic E-state index is 13.7. The molecule has 2 rings (SSSR count). The summed E-state index contributed by atoms with van der Waals surface area (Å²) in [5.74, 6) is -0.668. The lowest BCUT2D eigenvalue weighted by Crippen LogP contribution is -2.53. The van der Waals surface area contributed by atoms with Gasteiger partial charge in [-0.1, -0.05) is 61.9 Å². The van der Waals surface area contributed by atoms with Crippen molar-refractivity contribution in [3.8, 4) is 0 Å². The van der Waals surface area contributed by atoms with Gasteiger partial charge in [-0.15, -0.1) is 0 Å². The summed E-state index contributed by atoms with van der Waals surface area (Å²) in [4.78, 5) is 28.2. The molecule has 0 aliphatic heterocycles. The fraction of sp³-hybridized carbons (Fsp3) is 0.462. The van der Waals surface area contributed by atoms with Crippen molar-refractivity contribution in [1.29, 1.82) is 0 Å². The largest absolute Gasteiger partial charge is 0.352 e. The fourth-order valence-electron chi connectivity index (χ4n) is 3.82. The molecular weight excluding hydrogens is 450 g/mol. The van der Waals surface area contributed by atoms with Gasteiger partial charge in [0.15, 0.2) is 0 Å². The van der Waals surface area contributed by atoms with Crippen LogP contribution >= 0.6 is 0 Å². The summed E-state index contributed by atoms with van der Waals surface area (Å²) in [6.07, 6.45) is 2.26. The fourth-order valence-corrected chi connectivity index (χ4v) is 4.73. The molecule has 0 heterocycles. The van der Waals surface area contributed by atoms with Gasteiger partial charge in [0.1, 0.15) is 12.6 Å². The normalized spacial score (nSPS) is 13.1. The number of hydrogen-bond acceptors (Lipinski definition) is 4. The predicted octanol–water partition coefficient (Wildman–Crippen LogP) is 3.79. The lowest BCUT2D eigenvalue weighted by atomic mass is 10.1. The van der Waals surface area contributed by atoms with Crippen molar-refractivity contribution < 1.29 is 18.0 Å². The zero-order valence-corrected chi connectivity index (χ0v) is 21.9. The minimum absolute atomic E-state index is 0.0297. The summed E-state index contributed by atoms with van der Waals surface area (Å²) in [6.45, 7) is 9.31. The average Bonchev–Trinajstić information content (AvgIpc) is 2.77. The molecule has 186 valence electrons. The van der Waals surface area contributed by atoms with E-state index in [9.17, 15) is 18.0 Å². The van der Waals surface area contributed by atoms with Crippen LogP contribution in [0.25, 0.3) is 0 Å². The maximum absolute atomic E-state index is 13.7. The number of amides is 2. The van der Waals surface area contributed by atoms with Crippen LogP contribution in [0, 0.1) is 13.8 Å². The third-order valence-corrected chi connectivity index (χ3v) is 7.01. The summed E-state index contributed by atoms with van der Waals surface area (Å²) in [6, 6.07) is 14.1. The van der Waals surface area contributed by atoms with Crippen molar-refractivity contribution in [1.82, 2.24) is 10.2 Å². The first-order chi connectivity index (χ1) is 16.0. The molecule has 8 heteroatoms. The Morgan fingerprint density at radius 3 is 2.18 bits per heavy atom. The Morgan fingerprint density at radius 2 is 1.65 bits per heavy atom. The molecule has 0 aliphatic carbocycles. The van der Waals surface area contributed by atoms with Crippen molar-refractivity contribution in [3.05, 3.63) is 65.2 Å². The van der Waals surface area contributed by atoms with Gasteiger partial charge < -0.3 is 10.2 Å². The van der Waals surface area contributed by atoms with E-state index in [0.717, 1.165) is 33.7 Å². The molecular formula is C26H37N3O4S. The summed E-state index contributed by atoms with van der Waals surface area (Å²) in [5, 5.41) is 2.97. The Balaban J connectivity index is 2.44. The highest BCUT2D eigenvalue weighted by molar-refractivity contribution is 7.92. The molecule has 0 bridgehead atoms. The number of carbonyl (C=O) groups is 2. The second-order valence-electron chi connectivity index (χ2n) is 8.81. The highest BCUT2D eigenvalue weighted by Gasteiger charge is 2.32. The number of benzene rings is 2. The van der Waals surface area contributed by atoms with E-state index in [0.29, 0.717) is 12.1 Å². The van der Waals surface area contributed by atoms with Crippen LogP contribution in [0.3, 0.4) is 0 Å². The smallest absolute Gasteiger partial charge is 0.244 e. The number of nitrogens with zero attached hydrogens (tertiary/aromatic N) is 2. The Labute approximate surface area is 204 Å². The van der Waals surface area contributed by atoms with Crippen LogP contribution in [0.4, 0.5) is 5.69 Å². The van der Waals surface area contributed by atoms with Crippen LogP contribution in [-0.2, 0) is 26.2 Å². The molecule has 7 nitrogen and oxygen atoms in total. The van der Waals surface area contributed by atoms with Gasteiger partial charge in [0.05, 0.1) is 11.9 Å². The third kappa shape index (κ3) is 7.32. The van der Waals surface area contributed by atoms with E-state index in [1.165, 1.54) is 4.90 Å². The van der Waals surface area contributed by atoms with Crippen LogP contribution < -0.4 is 9.62 Å². The van der Waals surface area contributed by atoms with Gasteiger partial charge in [-0.2, -0.15) is 0 Å². The molecule has 2 aromatic rings. The predicted molar refractivity (Wildman–Crippen MR) is 137 cm³/mol. The second kappa shape index (κ2) is 12.0. The van der Waals surface area contributed by atoms with E-state index in [4.69, 9.17) is 0 Å². The van der Waals surface area contributed by atoms with Crippen LogP contribution in [0.1, 0.15) is 50.3 Å². The first-order valence-electron chi connectivity index (χ1n) is 11.7.